The fraction of sp³-hybridized carbons (Fsp3) is 0.600. The molecule has 1 atom stereocenters. The Labute approximate surface area is 119 Å². The summed E-state index contributed by atoms with van der Waals surface area (Å²) in [6, 6.07) is 8.05. The molecule has 0 aliphatic rings. The van der Waals surface area contributed by atoms with E-state index < -0.39 is 0 Å². The van der Waals surface area contributed by atoms with E-state index in [1.807, 2.05) is 24.3 Å². The Morgan fingerprint density at radius 3 is 2.67 bits per heavy atom. The summed E-state index contributed by atoms with van der Waals surface area (Å²) in [5, 5.41) is 3.47. The van der Waals surface area contributed by atoms with Crippen molar-refractivity contribution in [1.29, 1.82) is 0 Å². The summed E-state index contributed by atoms with van der Waals surface area (Å²) >= 11 is 3.47. The van der Waals surface area contributed by atoms with Gasteiger partial charge in [0.2, 0.25) is 0 Å². The van der Waals surface area contributed by atoms with Crippen molar-refractivity contribution in [3.8, 4) is 5.75 Å². The number of rotatable bonds is 8. The van der Waals surface area contributed by atoms with E-state index >= 15 is 0 Å². The first-order chi connectivity index (χ1) is 8.61. The molecule has 1 N–H and O–H groups in total. The second-order valence-corrected chi connectivity index (χ2v) is 5.95. The molecule has 0 heterocycles. The van der Waals surface area contributed by atoms with Gasteiger partial charge in [0.1, 0.15) is 11.9 Å². The highest BCUT2D eigenvalue weighted by Gasteiger charge is 2.09. The molecule has 0 aliphatic carbocycles. The van der Waals surface area contributed by atoms with Gasteiger partial charge in [0.25, 0.3) is 0 Å². The molecule has 0 aromatic heterocycles. The van der Waals surface area contributed by atoms with Gasteiger partial charge in [0, 0.05) is 11.0 Å². The zero-order valence-electron chi connectivity index (χ0n) is 11.6. The van der Waals surface area contributed by atoms with Gasteiger partial charge in [-0.05, 0) is 37.1 Å². The normalized spacial score (nSPS) is 12.7. The van der Waals surface area contributed by atoms with Crippen LogP contribution in [0.3, 0.4) is 0 Å². The molecule has 0 spiro atoms. The van der Waals surface area contributed by atoms with Crippen molar-refractivity contribution in [2.24, 2.45) is 5.92 Å². The van der Waals surface area contributed by atoms with Crippen LogP contribution in [0.25, 0.3) is 0 Å². The van der Waals surface area contributed by atoms with Gasteiger partial charge in [-0.15, -0.1) is 0 Å². The van der Waals surface area contributed by atoms with Gasteiger partial charge in [0.15, 0.2) is 0 Å². The topological polar surface area (TPSA) is 21.3 Å². The minimum Gasteiger partial charge on any atom is -0.489 e. The maximum absolute atomic E-state index is 6.03. The maximum atomic E-state index is 6.03. The lowest BCUT2D eigenvalue weighted by atomic mass is 10.2. The molecule has 18 heavy (non-hydrogen) atoms. The first-order valence-electron chi connectivity index (χ1n) is 6.74. The van der Waals surface area contributed by atoms with Crippen molar-refractivity contribution in [3.05, 3.63) is 28.7 Å². The average Bonchev–Trinajstić information content (AvgIpc) is 2.28. The third kappa shape index (κ3) is 6.41. The fourth-order valence-electron chi connectivity index (χ4n) is 1.79. The van der Waals surface area contributed by atoms with Crippen LogP contribution in [-0.4, -0.2) is 19.2 Å². The SMILES string of the molecule is CCCC(CNCC(C)C)Oc1cccc(Br)c1. The van der Waals surface area contributed by atoms with Crippen molar-refractivity contribution in [1.82, 2.24) is 5.32 Å². The average molecular weight is 314 g/mol. The van der Waals surface area contributed by atoms with E-state index in [4.69, 9.17) is 4.74 Å². The Hall–Kier alpha value is -0.540. The van der Waals surface area contributed by atoms with Gasteiger partial charge < -0.3 is 10.1 Å². The third-order valence-corrected chi connectivity index (χ3v) is 3.13. The summed E-state index contributed by atoms with van der Waals surface area (Å²) in [6.07, 6.45) is 2.47. The molecule has 102 valence electrons. The molecular weight excluding hydrogens is 290 g/mol. The van der Waals surface area contributed by atoms with Crippen molar-refractivity contribution < 1.29 is 4.74 Å². The lowest BCUT2D eigenvalue weighted by Crippen LogP contribution is -2.33. The van der Waals surface area contributed by atoms with E-state index in [0.29, 0.717) is 5.92 Å². The number of hydrogen-bond acceptors (Lipinski definition) is 2. The summed E-state index contributed by atoms with van der Waals surface area (Å²) in [7, 11) is 0. The monoisotopic (exact) mass is 313 g/mol. The third-order valence-electron chi connectivity index (χ3n) is 2.63. The zero-order valence-corrected chi connectivity index (χ0v) is 13.2. The molecule has 0 bridgehead atoms. The molecule has 0 saturated heterocycles. The molecule has 0 aliphatic heterocycles. The fourth-order valence-corrected chi connectivity index (χ4v) is 2.17. The van der Waals surface area contributed by atoms with Crippen LogP contribution in [0.1, 0.15) is 33.6 Å². The number of nitrogens with one attached hydrogen (secondary N) is 1. The van der Waals surface area contributed by atoms with E-state index in [1.165, 1.54) is 0 Å². The molecule has 3 heteroatoms. The van der Waals surface area contributed by atoms with Gasteiger partial charge in [-0.2, -0.15) is 0 Å². The highest BCUT2D eigenvalue weighted by Crippen LogP contribution is 2.19. The molecule has 0 amide bonds. The molecule has 0 saturated carbocycles. The van der Waals surface area contributed by atoms with Crippen LogP contribution in [0.5, 0.6) is 5.75 Å². The van der Waals surface area contributed by atoms with E-state index in [9.17, 15) is 0 Å². The maximum Gasteiger partial charge on any atom is 0.120 e. The minimum absolute atomic E-state index is 0.253. The molecule has 1 aromatic carbocycles. The second kappa shape index (κ2) is 8.54. The smallest absolute Gasteiger partial charge is 0.120 e. The van der Waals surface area contributed by atoms with Gasteiger partial charge in [0.05, 0.1) is 0 Å². The summed E-state index contributed by atoms with van der Waals surface area (Å²) in [5.41, 5.74) is 0. The van der Waals surface area contributed by atoms with Crippen LogP contribution < -0.4 is 10.1 Å². The highest BCUT2D eigenvalue weighted by atomic mass is 79.9. The number of hydrogen-bond donors (Lipinski definition) is 1. The predicted molar refractivity (Wildman–Crippen MR) is 81.2 cm³/mol. The van der Waals surface area contributed by atoms with E-state index in [0.717, 1.165) is 36.2 Å². The van der Waals surface area contributed by atoms with Crippen molar-refractivity contribution in [3.63, 3.8) is 0 Å². The first-order valence-corrected chi connectivity index (χ1v) is 7.54. The van der Waals surface area contributed by atoms with Crippen LogP contribution in [0, 0.1) is 5.92 Å². The summed E-state index contributed by atoms with van der Waals surface area (Å²) in [6.45, 7) is 8.59. The standard InChI is InChI=1S/C15H24BrNO/c1-4-6-15(11-17-10-12(2)3)18-14-8-5-7-13(16)9-14/h5,7-9,12,15,17H,4,6,10-11H2,1-3H3. The predicted octanol–water partition coefficient (Wildman–Crippen LogP) is 4.24. The Bertz CT molecular complexity index is 341. The number of halogens is 1. The van der Waals surface area contributed by atoms with Crippen LogP contribution >= 0.6 is 15.9 Å². The highest BCUT2D eigenvalue weighted by molar-refractivity contribution is 9.10. The van der Waals surface area contributed by atoms with E-state index in [2.05, 4.69) is 42.0 Å². The van der Waals surface area contributed by atoms with Crippen molar-refractivity contribution in [2.45, 2.75) is 39.7 Å². The molecule has 1 aromatic rings. The van der Waals surface area contributed by atoms with E-state index in [-0.39, 0.29) is 6.10 Å². The van der Waals surface area contributed by atoms with Crippen LogP contribution in [0.4, 0.5) is 0 Å². The van der Waals surface area contributed by atoms with Gasteiger partial charge in [-0.1, -0.05) is 49.2 Å². The number of benzene rings is 1. The summed E-state index contributed by atoms with van der Waals surface area (Å²) < 4.78 is 7.09. The van der Waals surface area contributed by atoms with Gasteiger partial charge in [-0.25, -0.2) is 0 Å². The van der Waals surface area contributed by atoms with Gasteiger partial charge >= 0.3 is 0 Å². The van der Waals surface area contributed by atoms with Crippen LogP contribution in [0.2, 0.25) is 0 Å². The van der Waals surface area contributed by atoms with E-state index in [1.54, 1.807) is 0 Å². The van der Waals surface area contributed by atoms with Crippen LogP contribution in [0.15, 0.2) is 28.7 Å². The lowest BCUT2D eigenvalue weighted by Gasteiger charge is -2.20. The first kappa shape index (κ1) is 15.5. The molecule has 1 unspecified atom stereocenters. The lowest BCUT2D eigenvalue weighted by molar-refractivity contribution is 0.185. The summed E-state index contributed by atoms with van der Waals surface area (Å²) in [4.78, 5) is 0. The molecular formula is C15H24BrNO. The number of ether oxygens (including phenoxy) is 1. The molecule has 0 radical (unpaired) electrons. The molecule has 2 nitrogen and oxygen atoms in total. The Balaban J connectivity index is 2.46. The Morgan fingerprint density at radius 1 is 1.28 bits per heavy atom. The molecule has 1 rings (SSSR count). The zero-order chi connectivity index (χ0) is 13.4. The second-order valence-electron chi connectivity index (χ2n) is 5.04. The van der Waals surface area contributed by atoms with Crippen molar-refractivity contribution >= 4 is 15.9 Å². The quantitative estimate of drug-likeness (QED) is 0.775. The Morgan fingerprint density at radius 2 is 2.06 bits per heavy atom. The largest absolute Gasteiger partial charge is 0.489 e. The Kier molecular flexibility index (Phi) is 7.36. The summed E-state index contributed by atoms with van der Waals surface area (Å²) in [5.74, 6) is 1.62. The minimum atomic E-state index is 0.253. The molecule has 0 fully saturated rings. The van der Waals surface area contributed by atoms with Gasteiger partial charge in [-0.3, -0.25) is 0 Å². The van der Waals surface area contributed by atoms with Crippen molar-refractivity contribution in [2.75, 3.05) is 13.1 Å². The van der Waals surface area contributed by atoms with Crippen LogP contribution in [-0.2, 0) is 0 Å².